The van der Waals surface area contributed by atoms with E-state index in [0.717, 1.165) is 18.4 Å². The van der Waals surface area contributed by atoms with Crippen LogP contribution in [0.5, 0.6) is 0 Å². The molecule has 3 nitrogen and oxygen atoms in total. The van der Waals surface area contributed by atoms with Crippen molar-refractivity contribution in [3.8, 4) is 0 Å². The van der Waals surface area contributed by atoms with Crippen LogP contribution in [0.4, 0.5) is 0 Å². The van der Waals surface area contributed by atoms with Crippen molar-refractivity contribution in [1.29, 1.82) is 0 Å². The maximum Gasteiger partial charge on any atom is 0.225 e. The standard InChI is InChI=1S/C15H23ClN2O/c1-15(2,14(19)18-9-4-3-8-17)11-12-6-5-7-13(16)10-12/h5-7,10H,3-4,8-9,11,17H2,1-2H3,(H,18,19). The van der Waals surface area contributed by atoms with Gasteiger partial charge < -0.3 is 11.1 Å². The van der Waals surface area contributed by atoms with Gasteiger partial charge in [0.15, 0.2) is 0 Å². The SMILES string of the molecule is CC(C)(Cc1cccc(Cl)c1)C(=O)NCCCCN. The highest BCUT2D eigenvalue weighted by molar-refractivity contribution is 6.30. The molecule has 0 bridgehead atoms. The predicted octanol–water partition coefficient (Wildman–Crippen LogP) is 2.76. The number of amides is 1. The molecule has 19 heavy (non-hydrogen) atoms. The molecular formula is C15H23ClN2O. The highest BCUT2D eigenvalue weighted by Crippen LogP contribution is 2.23. The third-order valence-corrected chi connectivity index (χ3v) is 3.30. The summed E-state index contributed by atoms with van der Waals surface area (Å²) in [4.78, 5) is 12.1. The Bertz CT molecular complexity index is 418. The van der Waals surface area contributed by atoms with Crippen molar-refractivity contribution in [2.45, 2.75) is 33.1 Å². The molecule has 0 heterocycles. The van der Waals surface area contributed by atoms with Crippen molar-refractivity contribution in [2.75, 3.05) is 13.1 Å². The fourth-order valence-corrected chi connectivity index (χ4v) is 2.16. The number of nitrogens with two attached hydrogens (primary N) is 1. The third-order valence-electron chi connectivity index (χ3n) is 3.07. The molecule has 0 fully saturated rings. The maximum atomic E-state index is 12.1. The lowest BCUT2D eigenvalue weighted by Gasteiger charge is -2.23. The van der Waals surface area contributed by atoms with Crippen LogP contribution in [0.2, 0.25) is 5.02 Å². The Hall–Kier alpha value is -1.06. The number of halogens is 1. The molecule has 0 unspecified atom stereocenters. The Morgan fingerprint density at radius 2 is 2.11 bits per heavy atom. The number of nitrogens with one attached hydrogen (secondary N) is 1. The number of carbonyl (C=O) groups excluding carboxylic acids is 1. The molecule has 4 heteroatoms. The van der Waals surface area contributed by atoms with Crippen molar-refractivity contribution in [2.24, 2.45) is 11.1 Å². The molecule has 1 aromatic rings. The summed E-state index contributed by atoms with van der Waals surface area (Å²) in [5.74, 6) is 0.0736. The fraction of sp³-hybridized carbons (Fsp3) is 0.533. The quantitative estimate of drug-likeness (QED) is 0.756. The monoisotopic (exact) mass is 282 g/mol. The highest BCUT2D eigenvalue weighted by Gasteiger charge is 2.27. The largest absolute Gasteiger partial charge is 0.356 e. The lowest BCUT2D eigenvalue weighted by molar-refractivity contribution is -0.129. The minimum Gasteiger partial charge on any atom is -0.356 e. The van der Waals surface area contributed by atoms with E-state index < -0.39 is 5.41 Å². The molecule has 0 aliphatic heterocycles. The second-order valence-corrected chi connectivity index (χ2v) is 5.88. The van der Waals surface area contributed by atoms with Crippen LogP contribution in [-0.4, -0.2) is 19.0 Å². The Kier molecular flexibility index (Phi) is 6.32. The van der Waals surface area contributed by atoms with Crippen LogP contribution in [0.25, 0.3) is 0 Å². The molecule has 0 radical (unpaired) electrons. The zero-order chi connectivity index (χ0) is 14.3. The fourth-order valence-electron chi connectivity index (χ4n) is 1.95. The Morgan fingerprint density at radius 1 is 1.37 bits per heavy atom. The predicted molar refractivity (Wildman–Crippen MR) is 80.2 cm³/mol. The number of benzene rings is 1. The molecule has 0 aliphatic carbocycles. The van der Waals surface area contributed by atoms with Gasteiger partial charge in [-0.25, -0.2) is 0 Å². The van der Waals surface area contributed by atoms with E-state index in [1.807, 2.05) is 38.1 Å². The molecule has 0 aromatic heterocycles. The van der Waals surface area contributed by atoms with E-state index in [1.165, 1.54) is 0 Å². The minimum atomic E-state index is -0.437. The van der Waals surface area contributed by atoms with Gasteiger partial charge in [0.2, 0.25) is 5.91 Å². The lowest BCUT2D eigenvalue weighted by atomic mass is 9.85. The third kappa shape index (κ3) is 5.62. The van der Waals surface area contributed by atoms with Gasteiger partial charge in [-0.15, -0.1) is 0 Å². The summed E-state index contributed by atoms with van der Waals surface area (Å²) in [6.07, 6.45) is 2.54. The minimum absolute atomic E-state index is 0.0736. The number of rotatable bonds is 7. The Morgan fingerprint density at radius 3 is 2.74 bits per heavy atom. The topological polar surface area (TPSA) is 55.1 Å². The second kappa shape index (κ2) is 7.51. The van der Waals surface area contributed by atoms with Crippen molar-refractivity contribution >= 4 is 17.5 Å². The average Bonchev–Trinajstić information content (AvgIpc) is 2.33. The zero-order valence-corrected chi connectivity index (χ0v) is 12.5. The van der Waals surface area contributed by atoms with Crippen LogP contribution < -0.4 is 11.1 Å². The second-order valence-electron chi connectivity index (χ2n) is 5.44. The molecule has 1 aromatic carbocycles. The van der Waals surface area contributed by atoms with Crippen LogP contribution in [0.1, 0.15) is 32.3 Å². The van der Waals surface area contributed by atoms with E-state index in [0.29, 0.717) is 24.5 Å². The highest BCUT2D eigenvalue weighted by atomic mass is 35.5. The molecule has 0 aliphatic rings. The van der Waals surface area contributed by atoms with Gasteiger partial charge in [0.1, 0.15) is 0 Å². The van der Waals surface area contributed by atoms with E-state index >= 15 is 0 Å². The Labute approximate surface area is 120 Å². The summed E-state index contributed by atoms with van der Waals surface area (Å²) < 4.78 is 0. The zero-order valence-electron chi connectivity index (χ0n) is 11.7. The number of hydrogen-bond donors (Lipinski definition) is 2. The van der Waals surface area contributed by atoms with E-state index in [-0.39, 0.29) is 5.91 Å². The summed E-state index contributed by atoms with van der Waals surface area (Å²) in [7, 11) is 0. The van der Waals surface area contributed by atoms with Gasteiger partial charge in [-0.05, 0) is 43.5 Å². The van der Waals surface area contributed by atoms with E-state index in [2.05, 4.69) is 5.32 Å². The molecule has 0 atom stereocenters. The molecular weight excluding hydrogens is 260 g/mol. The normalized spacial score (nSPS) is 11.4. The van der Waals surface area contributed by atoms with Gasteiger partial charge in [0, 0.05) is 17.0 Å². The van der Waals surface area contributed by atoms with Gasteiger partial charge in [0.05, 0.1) is 0 Å². The molecule has 0 saturated heterocycles. The van der Waals surface area contributed by atoms with E-state index in [9.17, 15) is 4.79 Å². The van der Waals surface area contributed by atoms with Crippen molar-refractivity contribution in [3.05, 3.63) is 34.9 Å². The average molecular weight is 283 g/mol. The number of hydrogen-bond acceptors (Lipinski definition) is 2. The molecule has 1 rings (SSSR count). The van der Waals surface area contributed by atoms with Crippen molar-refractivity contribution < 1.29 is 4.79 Å². The van der Waals surface area contributed by atoms with Crippen LogP contribution in [0.3, 0.4) is 0 Å². The smallest absolute Gasteiger partial charge is 0.225 e. The number of unbranched alkanes of at least 4 members (excludes halogenated alkanes) is 1. The van der Waals surface area contributed by atoms with Crippen molar-refractivity contribution in [3.63, 3.8) is 0 Å². The van der Waals surface area contributed by atoms with E-state index in [1.54, 1.807) is 0 Å². The van der Waals surface area contributed by atoms with Gasteiger partial charge in [0.25, 0.3) is 0 Å². The first kappa shape index (κ1) is 16.0. The molecule has 1 amide bonds. The van der Waals surface area contributed by atoms with Gasteiger partial charge in [-0.2, -0.15) is 0 Å². The summed E-state index contributed by atoms with van der Waals surface area (Å²) >= 11 is 5.96. The van der Waals surface area contributed by atoms with Crippen molar-refractivity contribution in [1.82, 2.24) is 5.32 Å². The van der Waals surface area contributed by atoms with Gasteiger partial charge >= 0.3 is 0 Å². The molecule has 106 valence electrons. The first-order valence-electron chi connectivity index (χ1n) is 6.68. The molecule has 0 spiro atoms. The van der Waals surface area contributed by atoms with Crippen LogP contribution >= 0.6 is 11.6 Å². The summed E-state index contributed by atoms with van der Waals surface area (Å²) in [6, 6.07) is 7.65. The summed E-state index contributed by atoms with van der Waals surface area (Å²) in [6.45, 7) is 5.26. The van der Waals surface area contributed by atoms with Crippen LogP contribution in [0.15, 0.2) is 24.3 Å². The van der Waals surface area contributed by atoms with Crippen LogP contribution in [-0.2, 0) is 11.2 Å². The first-order valence-corrected chi connectivity index (χ1v) is 7.06. The first-order chi connectivity index (χ1) is 8.95. The molecule has 3 N–H and O–H groups in total. The van der Waals surface area contributed by atoms with E-state index in [4.69, 9.17) is 17.3 Å². The van der Waals surface area contributed by atoms with Gasteiger partial charge in [-0.1, -0.05) is 37.6 Å². The maximum absolute atomic E-state index is 12.1. The van der Waals surface area contributed by atoms with Crippen LogP contribution in [0, 0.1) is 5.41 Å². The lowest BCUT2D eigenvalue weighted by Crippen LogP contribution is -2.38. The Balaban J connectivity index is 2.52. The molecule has 0 saturated carbocycles. The number of carbonyl (C=O) groups is 1. The summed E-state index contributed by atoms with van der Waals surface area (Å²) in [5.41, 5.74) is 6.06. The van der Waals surface area contributed by atoms with Gasteiger partial charge in [-0.3, -0.25) is 4.79 Å². The summed E-state index contributed by atoms with van der Waals surface area (Å²) in [5, 5.41) is 3.67.